The van der Waals surface area contributed by atoms with Crippen molar-refractivity contribution < 1.29 is 31.8 Å². The highest BCUT2D eigenvalue weighted by Crippen LogP contribution is 2.18. The lowest BCUT2D eigenvalue weighted by atomic mass is 9.97. The van der Waals surface area contributed by atoms with Crippen molar-refractivity contribution >= 4 is 22.3 Å². The molecule has 0 amide bonds. The van der Waals surface area contributed by atoms with Crippen LogP contribution in [0.3, 0.4) is 0 Å². The van der Waals surface area contributed by atoms with Gasteiger partial charge in [0.05, 0.1) is 12.3 Å². The van der Waals surface area contributed by atoms with Crippen molar-refractivity contribution in [2.75, 3.05) is 0 Å². The van der Waals surface area contributed by atoms with Crippen LogP contribution in [0.25, 0.3) is 0 Å². The molecule has 0 rings (SSSR count). The summed E-state index contributed by atoms with van der Waals surface area (Å²) < 4.78 is 33.4. The summed E-state index contributed by atoms with van der Waals surface area (Å²) in [6, 6.07) is 0. The molecule has 0 spiro atoms. The summed E-state index contributed by atoms with van der Waals surface area (Å²) in [5.41, 5.74) is 0. The van der Waals surface area contributed by atoms with Gasteiger partial charge >= 0.3 is 22.3 Å². The van der Waals surface area contributed by atoms with Crippen LogP contribution >= 0.6 is 0 Å². The van der Waals surface area contributed by atoms with Crippen molar-refractivity contribution in [3.05, 3.63) is 0 Å². The van der Waals surface area contributed by atoms with Crippen LogP contribution in [-0.4, -0.2) is 30.0 Å². The fourth-order valence-electron chi connectivity index (χ4n) is 2.56. The van der Waals surface area contributed by atoms with Crippen LogP contribution in [0.4, 0.5) is 0 Å². The van der Waals surface area contributed by atoms with Gasteiger partial charge in [0.1, 0.15) is 0 Å². The second-order valence-electron chi connectivity index (χ2n) is 6.10. The van der Waals surface area contributed by atoms with Crippen molar-refractivity contribution in [3.63, 3.8) is 0 Å². The number of carbonyl (C=O) groups is 2. The highest BCUT2D eigenvalue weighted by molar-refractivity contribution is 7.81. The van der Waals surface area contributed by atoms with E-state index in [4.69, 9.17) is 9.66 Å². The lowest BCUT2D eigenvalue weighted by Crippen LogP contribution is -2.23. The lowest BCUT2D eigenvalue weighted by Gasteiger charge is -2.12. The molecule has 0 aromatic heterocycles. The minimum atomic E-state index is -4.90. The Bertz CT molecular complexity index is 459. The Labute approximate surface area is 144 Å². The van der Waals surface area contributed by atoms with Crippen LogP contribution in [0, 0.1) is 5.92 Å². The zero-order valence-electron chi connectivity index (χ0n) is 14.4. The minimum absolute atomic E-state index is 0.233. The Morgan fingerprint density at radius 1 is 0.917 bits per heavy atom. The third-order valence-corrected chi connectivity index (χ3v) is 4.22. The first-order chi connectivity index (χ1) is 11.3. The first-order valence-corrected chi connectivity index (χ1v) is 10.0. The number of carbonyl (C=O) groups excluding carboxylic acids is 1. The SMILES string of the molecule is CCCCCCCCCCCCC(CC(=O)O)C(=O)OS(=O)(=O)O. The van der Waals surface area contributed by atoms with E-state index in [1.165, 1.54) is 38.5 Å². The maximum Gasteiger partial charge on any atom is 0.448 e. The van der Waals surface area contributed by atoms with Gasteiger partial charge in [-0.3, -0.25) is 14.1 Å². The normalized spacial score (nSPS) is 12.8. The van der Waals surface area contributed by atoms with E-state index in [-0.39, 0.29) is 6.42 Å². The van der Waals surface area contributed by atoms with E-state index in [1.807, 2.05) is 0 Å². The molecule has 8 heteroatoms. The van der Waals surface area contributed by atoms with E-state index in [0.29, 0.717) is 6.42 Å². The molecule has 0 aromatic rings. The molecule has 0 saturated carbocycles. The average Bonchev–Trinajstić information content (AvgIpc) is 2.45. The smallest absolute Gasteiger partial charge is 0.448 e. The first kappa shape index (κ1) is 22.9. The summed E-state index contributed by atoms with van der Waals surface area (Å²) in [6.45, 7) is 2.18. The summed E-state index contributed by atoms with van der Waals surface area (Å²) in [5.74, 6) is -3.48. The number of hydrogen-bond acceptors (Lipinski definition) is 5. The number of unbranched alkanes of at least 4 members (excludes halogenated alkanes) is 9. The summed E-state index contributed by atoms with van der Waals surface area (Å²) in [7, 11) is -4.90. The molecule has 1 unspecified atom stereocenters. The number of carboxylic acids is 1. The van der Waals surface area contributed by atoms with Gasteiger partial charge in [-0.1, -0.05) is 71.1 Å². The van der Waals surface area contributed by atoms with Gasteiger partial charge in [-0.15, -0.1) is 0 Å². The Morgan fingerprint density at radius 3 is 1.79 bits per heavy atom. The quantitative estimate of drug-likeness (QED) is 0.335. The maximum absolute atomic E-state index is 11.6. The van der Waals surface area contributed by atoms with Crippen molar-refractivity contribution in [2.45, 2.75) is 84.0 Å². The highest BCUT2D eigenvalue weighted by atomic mass is 32.3. The molecule has 0 aromatic carbocycles. The first-order valence-electron chi connectivity index (χ1n) is 8.68. The zero-order valence-corrected chi connectivity index (χ0v) is 15.2. The van der Waals surface area contributed by atoms with Crippen LogP contribution in [0.5, 0.6) is 0 Å². The van der Waals surface area contributed by atoms with E-state index >= 15 is 0 Å². The predicted molar refractivity (Wildman–Crippen MR) is 89.8 cm³/mol. The zero-order chi connectivity index (χ0) is 18.4. The summed E-state index contributed by atoms with van der Waals surface area (Å²) in [4.78, 5) is 22.3. The van der Waals surface area contributed by atoms with E-state index in [9.17, 15) is 18.0 Å². The average molecular weight is 366 g/mol. The van der Waals surface area contributed by atoms with Crippen molar-refractivity contribution in [1.29, 1.82) is 0 Å². The van der Waals surface area contributed by atoms with Crippen molar-refractivity contribution in [1.82, 2.24) is 0 Å². The van der Waals surface area contributed by atoms with Crippen molar-refractivity contribution in [3.8, 4) is 0 Å². The number of aliphatic carboxylic acids is 1. The van der Waals surface area contributed by atoms with Gasteiger partial charge in [-0.2, -0.15) is 8.42 Å². The molecule has 1 atom stereocenters. The van der Waals surface area contributed by atoms with E-state index < -0.39 is 34.7 Å². The molecule has 142 valence electrons. The largest absolute Gasteiger partial charge is 0.481 e. The van der Waals surface area contributed by atoms with Crippen molar-refractivity contribution in [2.24, 2.45) is 5.92 Å². The van der Waals surface area contributed by atoms with Crippen LogP contribution < -0.4 is 0 Å². The maximum atomic E-state index is 11.6. The topological polar surface area (TPSA) is 118 Å². The van der Waals surface area contributed by atoms with E-state index in [1.54, 1.807) is 0 Å². The predicted octanol–water partition coefficient (Wildman–Crippen LogP) is 3.73. The molecule has 0 radical (unpaired) electrons. The molecule has 0 aliphatic rings. The van der Waals surface area contributed by atoms with Gasteiger partial charge in [0, 0.05) is 0 Å². The molecular formula is C16H30O7S. The molecule has 24 heavy (non-hydrogen) atoms. The second kappa shape index (κ2) is 13.2. The van der Waals surface area contributed by atoms with Gasteiger partial charge in [0.15, 0.2) is 0 Å². The van der Waals surface area contributed by atoms with Crippen LogP contribution in [-0.2, 0) is 24.2 Å². The molecular weight excluding hydrogens is 336 g/mol. The lowest BCUT2D eigenvalue weighted by molar-refractivity contribution is -0.146. The fourth-order valence-corrected chi connectivity index (χ4v) is 2.91. The minimum Gasteiger partial charge on any atom is -0.481 e. The van der Waals surface area contributed by atoms with E-state index in [2.05, 4.69) is 11.1 Å². The number of hydrogen-bond donors (Lipinski definition) is 2. The van der Waals surface area contributed by atoms with Gasteiger partial charge in [-0.25, -0.2) is 0 Å². The molecule has 0 aliphatic heterocycles. The molecule has 0 fully saturated rings. The number of rotatable bonds is 15. The number of carboxylic acid groups (broad SMARTS) is 1. The highest BCUT2D eigenvalue weighted by Gasteiger charge is 2.26. The third kappa shape index (κ3) is 14.4. The molecule has 0 bridgehead atoms. The van der Waals surface area contributed by atoms with Crippen LogP contribution in [0.2, 0.25) is 0 Å². The Morgan fingerprint density at radius 2 is 1.38 bits per heavy atom. The third-order valence-electron chi connectivity index (χ3n) is 3.85. The monoisotopic (exact) mass is 366 g/mol. The van der Waals surface area contributed by atoms with Gasteiger partial charge in [0.25, 0.3) is 0 Å². The van der Waals surface area contributed by atoms with Crippen LogP contribution in [0.15, 0.2) is 0 Å². The van der Waals surface area contributed by atoms with Gasteiger partial charge in [-0.05, 0) is 6.42 Å². The molecule has 7 nitrogen and oxygen atoms in total. The van der Waals surface area contributed by atoms with Gasteiger partial charge in [0.2, 0.25) is 0 Å². The summed E-state index contributed by atoms with van der Waals surface area (Å²) in [6.07, 6.45) is 10.8. The Kier molecular flexibility index (Phi) is 12.5. The Balaban J connectivity index is 3.91. The molecule has 0 saturated heterocycles. The summed E-state index contributed by atoms with van der Waals surface area (Å²) >= 11 is 0. The standard InChI is InChI=1S/C16H30O7S/c1-2-3-4-5-6-7-8-9-10-11-12-14(13-15(17)18)16(19)23-24(20,21)22/h14H,2-13H2,1H3,(H,17,18)(H,20,21,22). The second-order valence-corrected chi connectivity index (χ2v) is 7.12. The molecule has 2 N–H and O–H groups in total. The van der Waals surface area contributed by atoms with Crippen LogP contribution in [0.1, 0.15) is 84.0 Å². The molecule has 0 heterocycles. The van der Waals surface area contributed by atoms with E-state index in [0.717, 1.165) is 19.3 Å². The van der Waals surface area contributed by atoms with Gasteiger partial charge < -0.3 is 9.29 Å². The summed E-state index contributed by atoms with van der Waals surface area (Å²) in [5, 5.41) is 8.77. The Hall–Kier alpha value is -1.15. The fraction of sp³-hybridized carbons (Fsp3) is 0.875. The molecule has 0 aliphatic carbocycles.